The Kier molecular flexibility index (Phi) is 4.96. The minimum Gasteiger partial charge on any atom is -0.356 e. The predicted molar refractivity (Wildman–Crippen MR) is 91.6 cm³/mol. The summed E-state index contributed by atoms with van der Waals surface area (Å²) in [5.41, 5.74) is 4.41. The van der Waals surface area contributed by atoms with E-state index in [0.29, 0.717) is 5.11 Å². The van der Waals surface area contributed by atoms with Gasteiger partial charge in [0.1, 0.15) is 0 Å². The summed E-state index contributed by atoms with van der Waals surface area (Å²) < 4.78 is 1.95. The lowest BCUT2D eigenvalue weighted by atomic mass is 10.1. The van der Waals surface area contributed by atoms with Crippen LogP contribution in [0.25, 0.3) is 0 Å². The number of aromatic nitrogens is 2. The Morgan fingerprint density at radius 2 is 2.05 bits per heavy atom. The lowest BCUT2D eigenvalue weighted by Crippen LogP contribution is -2.31. The molecule has 1 aromatic carbocycles. The summed E-state index contributed by atoms with van der Waals surface area (Å²) in [6.45, 7) is 9.13. The summed E-state index contributed by atoms with van der Waals surface area (Å²) in [5, 5.41) is 11.7. The molecule has 2 N–H and O–H groups in total. The minimum atomic E-state index is 0.120. The van der Waals surface area contributed by atoms with Gasteiger partial charge in [-0.2, -0.15) is 5.10 Å². The quantitative estimate of drug-likeness (QED) is 0.847. The third-order valence-electron chi connectivity index (χ3n) is 3.52. The van der Waals surface area contributed by atoms with Crippen molar-refractivity contribution in [3.63, 3.8) is 0 Å². The van der Waals surface area contributed by atoms with Crippen LogP contribution >= 0.6 is 12.2 Å². The molecule has 0 spiro atoms. The van der Waals surface area contributed by atoms with Gasteiger partial charge >= 0.3 is 0 Å². The molecule has 0 saturated heterocycles. The van der Waals surface area contributed by atoms with E-state index in [2.05, 4.69) is 48.8 Å². The molecule has 1 heterocycles. The van der Waals surface area contributed by atoms with Crippen LogP contribution in [0.4, 0.5) is 5.69 Å². The van der Waals surface area contributed by atoms with Crippen molar-refractivity contribution in [2.45, 2.75) is 40.3 Å². The van der Waals surface area contributed by atoms with Crippen molar-refractivity contribution in [1.82, 2.24) is 15.1 Å². The first kappa shape index (κ1) is 15.5. The van der Waals surface area contributed by atoms with Gasteiger partial charge in [0.15, 0.2) is 5.11 Å². The van der Waals surface area contributed by atoms with E-state index in [0.717, 1.165) is 17.9 Å². The number of rotatable bonds is 4. The van der Waals surface area contributed by atoms with Crippen LogP contribution in [-0.4, -0.2) is 14.9 Å². The van der Waals surface area contributed by atoms with Crippen LogP contribution in [0.1, 0.15) is 36.7 Å². The van der Waals surface area contributed by atoms with Gasteiger partial charge in [-0.05, 0) is 51.5 Å². The maximum absolute atomic E-state index is 5.40. The lowest BCUT2D eigenvalue weighted by Gasteiger charge is -2.17. The largest absolute Gasteiger partial charge is 0.356 e. The molecule has 0 fully saturated rings. The van der Waals surface area contributed by atoms with Gasteiger partial charge in [0, 0.05) is 24.0 Å². The molecule has 0 amide bonds. The van der Waals surface area contributed by atoms with Gasteiger partial charge in [0.05, 0.1) is 11.7 Å². The molecule has 2 aromatic rings. The third kappa shape index (κ3) is 3.82. The molecule has 1 aromatic heterocycles. The molecule has 112 valence electrons. The van der Waals surface area contributed by atoms with Crippen molar-refractivity contribution in [2.24, 2.45) is 0 Å². The SMILES string of the molecule is CCn1cc(C(C)NC(=S)Nc2ccccc2C)c(C)n1. The summed E-state index contributed by atoms with van der Waals surface area (Å²) in [7, 11) is 0. The van der Waals surface area contributed by atoms with E-state index in [1.165, 1.54) is 11.1 Å². The highest BCUT2D eigenvalue weighted by atomic mass is 32.1. The van der Waals surface area contributed by atoms with Gasteiger partial charge in [0.2, 0.25) is 0 Å². The smallest absolute Gasteiger partial charge is 0.171 e. The van der Waals surface area contributed by atoms with E-state index in [1.807, 2.05) is 29.8 Å². The van der Waals surface area contributed by atoms with E-state index in [-0.39, 0.29) is 6.04 Å². The molecule has 0 radical (unpaired) electrons. The Morgan fingerprint density at radius 1 is 1.33 bits per heavy atom. The zero-order valence-corrected chi connectivity index (χ0v) is 13.8. The molecule has 0 saturated carbocycles. The molecule has 21 heavy (non-hydrogen) atoms. The molecule has 0 aliphatic rings. The molecular formula is C16H22N4S. The van der Waals surface area contributed by atoms with Crippen molar-refractivity contribution in [3.05, 3.63) is 47.3 Å². The maximum Gasteiger partial charge on any atom is 0.171 e. The van der Waals surface area contributed by atoms with Crippen molar-refractivity contribution < 1.29 is 0 Å². The fourth-order valence-corrected chi connectivity index (χ4v) is 2.55. The van der Waals surface area contributed by atoms with Gasteiger partial charge < -0.3 is 10.6 Å². The Morgan fingerprint density at radius 3 is 2.67 bits per heavy atom. The van der Waals surface area contributed by atoms with E-state index < -0.39 is 0 Å². The third-order valence-corrected chi connectivity index (χ3v) is 3.74. The first-order valence-electron chi connectivity index (χ1n) is 7.18. The van der Waals surface area contributed by atoms with Crippen molar-refractivity contribution >= 4 is 23.0 Å². The van der Waals surface area contributed by atoms with E-state index in [1.54, 1.807) is 0 Å². The molecule has 0 aliphatic carbocycles. The number of benzene rings is 1. The number of hydrogen-bond donors (Lipinski definition) is 2. The minimum absolute atomic E-state index is 0.120. The van der Waals surface area contributed by atoms with Crippen molar-refractivity contribution in [3.8, 4) is 0 Å². The molecule has 4 nitrogen and oxygen atoms in total. The zero-order valence-electron chi connectivity index (χ0n) is 13.0. The van der Waals surface area contributed by atoms with Gasteiger partial charge in [-0.3, -0.25) is 4.68 Å². The van der Waals surface area contributed by atoms with Crippen molar-refractivity contribution in [2.75, 3.05) is 5.32 Å². The van der Waals surface area contributed by atoms with Crippen LogP contribution in [0.15, 0.2) is 30.5 Å². The fourth-order valence-electron chi connectivity index (χ4n) is 2.27. The molecule has 2 rings (SSSR count). The second kappa shape index (κ2) is 6.72. The monoisotopic (exact) mass is 302 g/mol. The predicted octanol–water partition coefficient (Wildman–Crippen LogP) is 3.57. The zero-order chi connectivity index (χ0) is 15.4. The summed E-state index contributed by atoms with van der Waals surface area (Å²) >= 11 is 5.40. The molecule has 5 heteroatoms. The first-order valence-corrected chi connectivity index (χ1v) is 7.59. The number of aryl methyl sites for hydroxylation is 3. The molecule has 1 atom stereocenters. The Balaban J connectivity index is 2.02. The van der Waals surface area contributed by atoms with E-state index in [9.17, 15) is 0 Å². The number of nitrogens with one attached hydrogen (secondary N) is 2. The first-order chi connectivity index (χ1) is 10.0. The second-order valence-electron chi connectivity index (χ2n) is 5.16. The van der Waals surface area contributed by atoms with Crippen LogP contribution in [0.3, 0.4) is 0 Å². The Bertz CT molecular complexity index is 633. The lowest BCUT2D eigenvalue weighted by molar-refractivity contribution is 0.651. The van der Waals surface area contributed by atoms with Gasteiger partial charge in [-0.25, -0.2) is 0 Å². The Labute approximate surface area is 131 Å². The summed E-state index contributed by atoms with van der Waals surface area (Å²) in [5.74, 6) is 0. The maximum atomic E-state index is 5.40. The summed E-state index contributed by atoms with van der Waals surface area (Å²) in [6.07, 6.45) is 2.07. The molecule has 0 aliphatic heterocycles. The molecular weight excluding hydrogens is 280 g/mol. The highest BCUT2D eigenvalue weighted by Gasteiger charge is 2.13. The highest BCUT2D eigenvalue weighted by molar-refractivity contribution is 7.80. The number of anilines is 1. The fraction of sp³-hybridized carbons (Fsp3) is 0.375. The van der Waals surface area contributed by atoms with Gasteiger partial charge in [-0.1, -0.05) is 18.2 Å². The van der Waals surface area contributed by atoms with Crippen LogP contribution in [0.5, 0.6) is 0 Å². The summed E-state index contributed by atoms with van der Waals surface area (Å²) in [4.78, 5) is 0. The van der Waals surface area contributed by atoms with Gasteiger partial charge in [0.25, 0.3) is 0 Å². The number of nitrogens with zero attached hydrogens (tertiary/aromatic N) is 2. The van der Waals surface area contributed by atoms with E-state index in [4.69, 9.17) is 12.2 Å². The average Bonchev–Trinajstić information content (AvgIpc) is 2.82. The number of para-hydroxylation sites is 1. The van der Waals surface area contributed by atoms with Crippen LogP contribution in [-0.2, 0) is 6.54 Å². The topological polar surface area (TPSA) is 41.9 Å². The van der Waals surface area contributed by atoms with Crippen LogP contribution < -0.4 is 10.6 Å². The number of hydrogen-bond acceptors (Lipinski definition) is 2. The molecule has 0 bridgehead atoms. The normalized spacial score (nSPS) is 12.0. The van der Waals surface area contributed by atoms with Gasteiger partial charge in [-0.15, -0.1) is 0 Å². The van der Waals surface area contributed by atoms with E-state index >= 15 is 0 Å². The van der Waals surface area contributed by atoms with Crippen LogP contribution in [0.2, 0.25) is 0 Å². The Hall–Kier alpha value is -1.88. The van der Waals surface area contributed by atoms with Crippen molar-refractivity contribution in [1.29, 1.82) is 0 Å². The molecule has 1 unspecified atom stereocenters. The summed E-state index contributed by atoms with van der Waals surface area (Å²) in [6, 6.07) is 8.21. The van der Waals surface area contributed by atoms with Crippen LogP contribution in [0, 0.1) is 13.8 Å². The highest BCUT2D eigenvalue weighted by Crippen LogP contribution is 2.17. The number of thiocarbonyl (C=S) groups is 1. The average molecular weight is 302 g/mol. The second-order valence-corrected chi connectivity index (χ2v) is 5.57. The standard InChI is InChI=1S/C16H22N4S/c1-5-20-10-14(13(4)19-20)12(3)17-16(21)18-15-9-7-6-8-11(15)2/h6-10,12H,5H2,1-4H3,(H2,17,18,21).